The van der Waals surface area contributed by atoms with Gasteiger partial charge in [-0.3, -0.25) is 5.10 Å². The number of rotatable bonds is 6. The fourth-order valence-electron chi connectivity index (χ4n) is 1.85. The summed E-state index contributed by atoms with van der Waals surface area (Å²) < 4.78 is 15.4. The summed E-state index contributed by atoms with van der Waals surface area (Å²) in [6, 6.07) is 5.03. The number of H-pyrrole nitrogens is 1. The van der Waals surface area contributed by atoms with Crippen molar-refractivity contribution >= 4 is 0 Å². The smallest absolute Gasteiger partial charge is 0.171 e. The van der Waals surface area contributed by atoms with Crippen LogP contribution in [0.5, 0.6) is 11.5 Å². The van der Waals surface area contributed by atoms with Crippen molar-refractivity contribution < 1.29 is 14.2 Å². The van der Waals surface area contributed by atoms with E-state index in [9.17, 15) is 0 Å². The number of methoxy groups -OCH3 is 3. The highest BCUT2D eigenvalue weighted by atomic mass is 16.5. The molecule has 0 unspecified atom stereocenters. The Kier molecular flexibility index (Phi) is 4.54. The van der Waals surface area contributed by atoms with Crippen LogP contribution in [-0.4, -0.2) is 36.5 Å². The van der Waals surface area contributed by atoms with Crippen molar-refractivity contribution in [3.05, 3.63) is 35.4 Å². The molecule has 108 valence electrons. The molecule has 20 heavy (non-hydrogen) atoms. The molecule has 0 aliphatic rings. The van der Waals surface area contributed by atoms with Gasteiger partial charge in [-0.25, -0.2) is 4.98 Å². The summed E-state index contributed by atoms with van der Waals surface area (Å²) in [5.41, 5.74) is 7.00. The summed E-state index contributed by atoms with van der Waals surface area (Å²) in [5.74, 6) is 2.41. The molecular weight excluding hydrogens is 260 g/mol. The zero-order valence-corrected chi connectivity index (χ0v) is 11.7. The molecule has 0 saturated carbocycles. The Balaban J connectivity index is 2.25. The first kappa shape index (κ1) is 14.3. The van der Waals surface area contributed by atoms with Crippen molar-refractivity contribution in [2.75, 3.05) is 21.3 Å². The number of nitrogens with one attached hydrogen (secondary N) is 1. The predicted molar refractivity (Wildman–Crippen MR) is 72.7 cm³/mol. The number of ether oxygens (including phenoxy) is 3. The number of aromatic amines is 1. The van der Waals surface area contributed by atoms with E-state index in [-0.39, 0.29) is 0 Å². The Morgan fingerprint density at radius 3 is 2.60 bits per heavy atom. The maximum atomic E-state index is 6.16. The first-order valence-corrected chi connectivity index (χ1v) is 6.07. The Morgan fingerprint density at radius 1 is 1.20 bits per heavy atom. The molecule has 7 nitrogen and oxygen atoms in total. The van der Waals surface area contributed by atoms with Crippen molar-refractivity contribution in [2.24, 2.45) is 5.73 Å². The monoisotopic (exact) mass is 278 g/mol. The van der Waals surface area contributed by atoms with E-state index in [4.69, 9.17) is 19.9 Å². The van der Waals surface area contributed by atoms with Crippen LogP contribution in [-0.2, 0) is 11.3 Å². The van der Waals surface area contributed by atoms with E-state index < -0.39 is 6.04 Å². The number of hydrogen-bond donors (Lipinski definition) is 2. The maximum Gasteiger partial charge on any atom is 0.171 e. The summed E-state index contributed by atoms with van der Waals surface area (Å²) in [4.78, 5) is 4.29. The van der Waals surface area contributed by atoms with E-state index in [1.165, 1.54) is 0 Å². The van der Waals surface area contributed by atoms with Gasteiger partial charge in [0.1, 0.15) is 6.61 Å². The summed E-state index contributed by atoms with van der Waals surface area (Å²) >= 11 is 0. The molecule has 7 heteroatoms. The van der Waals surface area contributed by atoms with Gasteiger partial charge < -0.3 is 19.9 Å². The van der Waals surface area contributed by atoms with E-state index >= 15 is 0 Å². The van der Waals surface area contributed by atoms with Crippen LogP contribution in [0.1, 0.15) is 23.3 Å². The minimum Gasteiger partial charge on any atom is -0.493 e. The SMILES string of the molecule is COCc1nc([C@H](N)c2ccc(OC)c(OC)c2)n[nH]1. The third-order valence-electron chi connectivity index (χ3n) is 2.87. The first-order chi connectivity index (χ1) is 9.69. The molecule has 1 atom stereocenters. The fraction of sp³-hybridized carbons (Fsp3) is 0.385. The number of benzene rings is 1. The zero-order valence-electron chi connectivity index (χ0n) is 11.7. The number of hydrogen-bond acceptors (Lipinski definition) is 6. The standard InChI is InChI=1S/C13H18N4O3/c1-18-7-11-15-13(17-16-11)12(14)8-4-5-9(19-2)10(6-8)20-3/h4-6,12H,7,14H2,1-3H3,(H,15,16,17)/t12-/m1/s1. The number of nitrogens with two attached hydrogens (primary N) is 1. The van der Waals surface area contributed by atoms with Crippen molar-refractivity contribution in [3.8, 4) is 11.5 Å². The lowest BCUT2D eigenvalue weighted by atomic mass is 10.1. The molecule has 0 fully saturated rings. The fourth-order valence-corrected chi connectivity index (χ4v) is 1.85. The van der Waals surface area contributed by atoms with E-state index in [0.717, 1.165) is 5.56 Å². The largest absolute Gasteiger partial charge is 0.493 e. The van der Waals surface area contributed by atoms with Crippen LogP contribution in [0.15, 0.2) is 18.2 Å². The van der Waals surface area contributed by atoms with Crippen molar-refractivity contribution in [1.82, 2.24) is 15.2 Å². The second-order valence-corrected chi connectivity index (χ2v) is 4.17. The van der Waals surface area contributed by atoms with Crippen LogP contribution < -0.4 is 15.2 Å². The van der Waals surface area contributed by atoms with E-state index in [1.54, 1.807) is 27.4 Å². The highest BCUT2D eigenvalue weighted by molar-refractivity contribution is 5.44. The molecule has 2 rings (SSSR count). The molecule has 1 aromatic heterocycles. The quantitative estimate of drug-likeness (QED) is 0.819. The Hall–Kier alpha value is -2.12. The lowest BCUT2D eigenvalue weighted by Gasteiger charge is -2.12. The van der Waals surface area contributed by atoms with Gasteiger partial charge in [0.15, 0.2) is 23.1 Å². The third kappa shape index (κ3) is 2.89. The van der Waals surface area contributed by atoms with E-state index in [0.29, 0.717) is 29.8 Å². The maximum absolute atomic E-state index is 6.16. The molecule has 0 aliphatic carbocycles. The average molecular weight is 278 g/mol. The minimum atomic E-state index is -0.448. The summed E-state index contributed by atoms with van der Waals surface area (Å²) in [5, 5.41) is 6.88. The molecule has 0 spiro atoms. The van der Waals surface area contributed by atoms with Gasteiger partial charge in [0.25, 0.3) is 0 Å². The second-order valence-electron chi connectivity index (χ2n) is 4.17. The van der Waals surface area contributed by atoms with E-state index in [1.807, 2.05) is 12.1 Å². The highest BCUT2D eigenvalue weighted by Gasteiger charge is 2.16. The van der Waals surface area contributed by atoms with Gasteiger partial charge in [0.2, 0.25) is 0 Å². The second kappa shape index (κ2) is 6.36. The first-order valence-electron chi connectivity index (χ1n) is 6.07. The molecule has 0 radical (unpaired) electrons. The van der Waals surface area contributed by atoms with Crippen LogP contribution in [0.4, 0.5) is 0 Å². The van der Waals surface area contributed by atoms with Crippen LogP contribution in [0.25, 0.3) is 0 Å². The van der Waals surface area contributed by atoms with Crippen molar-refractivity contribution in [1.29, 1.82) is 0 Å². The Labute approximate surface area is 117 Å². The third-order valence-corrected chi connectivity index (χ3v) is 2.87. The lowest BCUT2D eigenvalue weighted by Crippen LogP contribution is -2.14. The van der Waals surface area contributed by atoms with Gasteiger partial charge >= 0.3 is 0 Å². The van der Waals surface area contributed by atoms with Gasteiger partial charge in [-0.1, -0.05) is 6.07 Å². The zero-order chi connectivity index (χ0) is 14.5. The normalized spacial score (nSPS) is 12.2. The van der Waals surface area contributed by atoms with Crippen LogP contribution in [0.2, 0.25) is 0 Å². The van der Waals surface area contributed by atoms with Crippen LogP contribution >= 0.6 is 0 Å². The lowest BCUT2D eigenvalue weighted by molar-refractivity contribution is 0.178. The van der Waals surface area contributed by atoms with Crippen LogP contribution in [0.3, 0.4) is 0 Å². The predicted octanol–water partition coefficient (Wildman–Crippen LogP) is 1.02. The van der Waals surface area contributed by atoms with E-state index in [2.05, 4.69) is 15.2 Å². The molecule has 1 heterocycles. The van der Waals surface area contributed by atoms with Gasteiger partial charge in [-0.05, 0) is 17.7 Å². The van der Waals surface area contributed by atoms with Crippen LogP contribution in [0, 0.1) is 0 Å². The highest BCUT2D eigenvalue weighted by Crippen LogP contribution is 2.30. The average Bonchev–Trinajstić information content (AvgIpc) is 2.94. The molecule has 0 bridgehead atoms. The van der Waals surface area contributed by atoms with Gasteiger partial charge in [0.05, 0.1) is 20.3 Å². The number of aromatic nitrogens is 3. The van der Waals surface area contributed by atoms with Crippen molar-refractivity contribution in [2.45, 2.75) is 12.6 Å². The van der Waals surface area contributed by atoms with Gasteiger partial charge in [0, 0.05) is 7.11 Å². The topological polar surface area (TPSA) is 95.3 Å². The molecule has 3 N–H and O–H groups in total. The summed E-state index contributed by atoms with van der Waals surface area (Å²) in [6.45, 7) is 0.367. The Bertz CT molecular complexity index is 570. The van der Waals surface area contributed by atoms with Crippen molar-refractivity contribution in [3.63, 3.8) is 0 Å². The number of nitrogens with zero attached hydrogens (tertiary/aromatic N) is 2. The molecule has 2 aromatic rings. The molecule has 1 aromatic carbocycles. The molecule has 0 saturated heterocycles. The minimum absolute atomic E-state index is 0.367. The molecule has 0 amide bonds. The summed E-state index contributed by atoms with van der Waals surface area (Å²) in [6.07, 6.45) is 0. The molecule has 0 aliphatic heterocycles. The molecular formula is C13H18N4O3. The Morgan fingerprint density at radius 2 is 1.95 bits per heavy atom. The van der Waals surface area contributed by atoms with Gasteiger partial charge in [-0.2, -0.15) is 5.10 Å². The summed E-state index contributed by atoms with van der Waals surface area (Å²) in [7, 11) is 4.76. The van der Waals surface area contributed by atoms with Gasteiger partial charge in [-0.15, -0.1) is 0 Å².